The molecule has 0 aliphatic heterocycles. The molecule has 2 amide bonds. The Bertz CT molecular complexity index is 967. The predicted molar refractivity (Wildman–Crippen MR) is 120 cm³/mol. The lowest BCUT2D eigenvalue weighted by Gasteiger charge is -2.18. The first kappa shape index (κ1) is 21.9. The van der Waals surface area contributed by atoms with E-state index < -0.39 is 5.92 Å². The number of carbonyl (C=O) groups excluding carboxylic acids is 2. The summed E-state index contributed by atoms with van der Waals surface area (Å²) < 4.78 is 10.4. The first-order valence-electron chi connectivity index (χ1n) is 10.0. The number of ether oxygens (including phenoxy) is 2. The molecule has 3 aromatic rings. The van der Waals surface area contributed by atoms with Crippen molar-refractivity contribution >= 4 is 11.8 Å². The Balaban J connectivity index is 1.59. The van der Waals surface area contributed by atoms with Gasteiger partial charge in [0.15, 0.2) is 11.5 Å². The number of nitrogens with one attached hydrogen (secondary N) is 2. The van der Waals surface area contributed by atoms with Gasteiger partial charge in [0.1, 0.15) is 0 Å². The van der Waals surface area contributed by atoms with Crippen LogP contribution in [0.3, 0.4) is 0 Å². The third kappa shape index (κ3) is 5.63. The van der Waals surface area contributed by atoms with Crippen molar-refractivity contribution in [3.8, 4) is 11.5 Å². The molecule has 0 aliphatic rings. The molecule has 160 valence electrons. The highest BCUT2D eigenvalue weighted by Crippen LogP contribution is 2.27. The predicted octanol–water partition coefficient (Wildman–Crippen LogP) is 3.38. The molecule has 0 aromatic heterocycles. The summed E-state index contributed by atoms with van der Waals surface area (Å²) in [5, 5.41) is 5.74. The van der Waals surface area contributed by atoms with E-state index in [1.807, 2.05) is 60.7 Å². The molecule has 0 spiro atoms. The third-order valence-corrected chi connectivity index (χ3v) is 4.88. The minimum absolute atomic E-state index is 0.113. The average Bonchev–Trinajstić information content (AvgIpc) is 2.82. The summed E-state index contributed by atoms with van der Waals surface area (Å²) in [6.07, 6.45) is 0. The largest absolute Gasteiger partial charge is 0.493 e. The molecule has 3 rings (SSSR count). The van der Waals surface area contributed by atoms with Crippen LogP contribution in [0.1, 0.15) is 27.4 Å². The van der Waals surface area contributed by atoms with Gasteiger partial charge in [0.05, 0.1) is 20.1 Å². The second-order valence-electron chi connectivity index (χ2n) is 6.87. The number of rotatable bonds is 9. The van der Waals surface area contributed by atoms with E-state index in [2.05, 4.69) is 10.6 Å². The second-order valence-corrected chi connectivity index (χ2v) is 6.87. The van der Waals surface area contributed by atoms with E-state index in [9.17, 15) is 9.59 Å². The summed E-state index contributed by atoms with van der Waals surface area (Å²) in [5.74, 6) is 0.260. The van der Waals surface area contributed by atoms with Gasteiger partial charge in [-0.05, 0) is 29.3 Å². The van der Waals surface area contributed by atoms with Gasteiger partial charge < -0.3 is 20.1 Å². The quantitative estimate of drug-likeness (QED) is 0.523. The van der Waals surface area contributed by atoms with Crippen LogP contribution in [0.5, 0.6) is 11.5 Å². The smallest absolute Gasteiger partial charge is 0.251 e. The number of hydrogen-bond acceptors (Lipinski definition) is 4. The molecule has 0 bridgehead atoms. The fourth-order valence-electron chi connectivity index (χ4n) is 3.33. The molecule has 0 radical (unpaired) electrons. The number of benzene rings is 3. The van der Waals surface area contributed by atoms with E-state index in [4.69, 9.17) is 9.47 Å². The first-order chi connectivity index (χ1) is 15.1. The number of hydrogen-bond donors (Lipinski definition) is 2. The Morgan fingerprint density at radius 3 is 1.84 bits per heavy atom. The molecule has 2 N–H and O–H groups in total. The van der Waals surface area contributed by atoms with Crippen molar-refractivity contribution in [1.29, 1.82) is 0 Å². The Kier molecular flexibility index (Phi) is 7.65. The van der Waals surface area contributed by atoms with Crippen LogP contribution >= 0.6 is 0 Å². The lowest BCUT2D eigenvalue weighted by molar-refractivity contribution is -0.121. The molecule has 0 fully saturated rings. The van der Waals surface area contributed by atoms with Crippen molar-refractivity contribution in [3.63, 3.8) is 0 Å². The van der Waals surface area contributed by atoms with E-state index in [0.717, 1.165) is 11.1 Å². The van der Waals surface area contributed by atoms with Gasteiger partial charge >= 0.3 is 0 Å². The lowest BCUT2D eigenvalue weighted by atomic mass is 9.90. The van der Waals surface area contributed by atoms with Gasteiger partial charge in [-0.1, -0.05) is 60.7 Å². The summed E-state index contributed by atoms with van der Waals surface area (Å²) >= 11 is 0. The highest BCUT2D eigenvalue weighted by molar-refractivity contribution is 5.95. The van der Waals surface area contributed by atoms with E-state index >= 15 is 0 Å². The Labute approximate surface area is 182 Å². The molecule has 31 heavy (non-hydrogen) atoms. The van der Waals surface area contributed by atoms with Crippen molar-refractivity contribution in [3.05, 3.63) is 95.6 Å². The van der Waals surface area contributed by atoms with Crippen LogP contribution < -0.4 is 20.1 Å². The zero-order chi connectivity index (χ0) is 22.1. The van der Waals surface area contributed by atoms with Crippen molar-refractivity contribution in [2.24, 2.45) is 0 Å². The summed E-state index contributed by atoms with van der Waals surface area (Å²) in [6.45, 7) is 0.614. The molecular weight excluding hydrogens is 392 g/mol. The summed E-state index contributed by atoms with van der Waals surface area (Å²) in [4.78, 5) is 25.4. The van der Waals surface area contributed by atoms with Crippen molar-refractivity contribution < 1.29 is 19.1 Å². The highest BCUT2D eigenvalue weighted by atomic mass is 16.5. The van der Waals surface area contributed by atoms with Crippen LogP contribution in [0.2, 0.25) is 0 Å². The average molecular weight is 418 g/mol. The van der Waals surface area contributed by atoms with E-state index in [0.29, 0.717) is 30.2 Å². The van der Waals surface area contributed by atoms with Gasteiger partial charge in [0.2, 0.25) is 5.91 Å². The van der Waals surface area contributed by atoms with Crippen LogP contribution in [-0.2, 0) is 4.79 Å². The standard InChI is InChI=1S/C25H26N2O4/c1-30-21-14-13-20(17-22(21)31-2)24(28)26-15-16-27-25(29)23(18-9-5-3-6-10-18)19-11-7-4-8-12-19/h3-14,17,23H,15-16H2,1-2H3,(H,26,28)(H,27,29). The second kappa shape index (κ2) is 10.8. The summed E-state index contributed by atoms with van der Waals surface area (Å²) in [6, 6.07) is 24.2. The number of amides is 2. The first-order valence-corrected chi connectivity index (χ1v) is 10.0. The van der Waals surface area contributed by atoms with Gasteiger partial charge in [0, 0.05) is 18.7 Å². The molecule has 0 saturated carbocycles. The maximum absolute atomic E-state index is 13.0. The normalized spacial score (nSPS) is 10.4. The molecule has 0 heterocycles. The van der Waals surface area contributed by atoms with E-state index in [1.165, 1.54) is 7.11 Å². The SMILES string of the molecule is COc1ccc(C(=O)NCCNC(=O)C(c2ccccc2)c2ccccc2)cc1OC. The Morgan fingerprint density at radius 1 is 0.742 bits per heavy atom. The molecule has 0 unspecified atom stereocenters. The Morgan fingerprint density at radius 2 is 1.29 bits per heavy atom. The van der Waals surface area contributed by atoms with Crippen molar-refractivity contribution in [1.82, 2.24) is 10.6 Å². The van der Waals surface area contributed by atoms with Crippen LogP contribution in [0.15, 0.2) is 78.9 Å². The minimum Gasteiger partial charge on any atom is -0.493 e. The fraction of sp³-hybridized carbons (Fsp3) is 0.200. The number of carbonyl (C=O) groups is 2. The van der Waals surface area contributed by atoms with E-state index in [-0.39, 0.29) is 11.8 Å². The van der Waals surface area contributed by atoms with Gasteiger partial charge in [-0.3, -0.25) is 9.59 Å². The Hall–Kier alpha value is -3.80. The zero-order valence-corrected chi connectivity index (χ0v) is 17.6. The molecule has 3 aromatic carbocycles. The molecule has 6 heteroatoms. The highest BCUT2D eigenvalue weighted by Gasteiger charge is 2.22. The molecule has 0 aliphatic carbocycles. The van der Waals surface area contributed by atoms with Crippen molar-refractivity contribution in [2.75, 3.05) is 27.3 Å². The summed E-state index contributed by atoms with van der Waals surface area (Å²) in [7, 11) is 3.06. The number of methoxy groups -OCH3 is 2. The van der Waals surface area contributed by atoms with Gasteiger partial charge in [-0.25, -0.2) is 0 Å². The van der Waals surface area contributed by atoms with Crippen LogP contribution in [0.25, 0.3) is 0 Å². The molecule has 0 atom stereocenters. The van der Waals surface area contributed by atoms with Crippen LogP contribution in [0.4, 0.5) is 0 Å². The van der Waals surface area contributed by atoms with E-state index in [1.54, 1.807) is 25.3 Å². The van der Waals surface area contributed by atoms with Crippen LogP contribution in [0, 0.1) is 0 Å². The van der Waals surface area contributed by atoms with Crippen molar-refractivity contribution in [2.45, 2.75) is 5.92 Å². The third-order valence-electron chi connectivity index (χ3n) is 4.88. The zero-order valence-electron chi connectivity index (χ0n) is 17.6. The van der Waals surface area contributed by atoms with Gasteiger partial charge in [0.25, 0.3) is 5.91 Å². The van der Waals surface area contributed by atoms with Gasteiger partial charge in [-0.15, -0.1) is 0 Å². The maximum atomic E-state index is 13.0. The minimum atomic E-state index is -0.413. The fourth-order valence-corrected chi connectivity index (χ4v) is 3.33. The van der Waals surface area contributed by atoms with Gasteiger partial charge in [-0.2, -0.15) is 0 Å². The molecular formula is C25H26N2O4. The molecule has 6 nitrogen and oxygen atoms in total. The monoisotopic (exact) mass is 418 g/mol. The maximum Gasteiger partial charge on any atom is 0.251 e. The van der Waals surface area contributed by atoms with Crippen LogP contribution in [-0.4, -0.2) is 39.1 Å². The molecule has 0 saturated heterocycles. The summed E-state index contributed by atoms with van der Waals surface area (Å²) in [5.41, 5.74) is 2.29. The topological polar surface area (TPSA) is 76.7 Å². The lowest BCUT2D eigenvalue weighted by Crippen LogP contribution is -2.37.